The first-order chi connectivity index (χ1) is 7.70. The molecule has 1 heterocycles. The fourth-order valence-electron chi connectivity index (χ4n) is 0.996. The zero-order valence-corrected chi connectivity index (χ0v) is 10.9. The van der Waals surface area contributed by atoms with Gasteiger partial charge in [0.1, 0.15) is 0 Å². The molecule has 1 aromatic rings. The third kappa shape index (κ3) is 3.74. The van der Waals surface area contributed by atoms with Crippen LogP contribution >= 0.6 is 0 Å². The van der Waals surface area contributed by atoms with E-state index in [9.17, 15) is 13.2 Å². The highest BCUT2D eigenvalue weighted by molar-refractivity contribution is 7.86. The van der Waals surface area contributed by atoms with E-state index >= 15 is 0 Å². The van der Waals surface area contributed by atoms with Crippen molar-refractivity contribution in [1.82, 2.24) is 14.7 Å². The van der Waals surface area contributed by atoms with Crippen LogP contribution in [0.5, 0.6) is 5.88 Å². The summed E-state index contributed by atoms with van der Waals surface area (Å²) >= 11 is 0. The summed E-state index contributed by atoms with van der Waals surface area (Å²) < 4.78 is 27.3. The van der Waals surface area contributed by atoms with Gasteiger partial charge in [-0.3, -0.25) is 0 Å². The number of hydrogen-bond donors (Lipinski definition) is 0. The molecule has 0 fully saturated rings. The Bertz CT molecular complexity index is 506. The molecule has 0 saturated carbocycles. The highest BCUT2D eigenvalue weighted by Gasteiger charge is 2.16. The molecule has 0 aliphatic carbocycles. The molecule has 0 spiro atoms. The predicted molar refractivity (Wildman–Crippen MR) is 61.4 cm³/mol. The van der Waals surface area contributed by atoms with Gasteiger partial charge in [-0.05, 0) is 13.8 Å². The summed E-state index contributed by atoms with van der Waals surface area (Å²) in [6.45, 7) is 3.71. The average Bonchev–Trinajstić information content (AvgIpc) is 2.61. The number of carbonyl (C=O) groups excluding carboxylic acids is 1. The summed E-state index contributed by atoms with van der Waals surface area (Å²) in [7, 11) is -2.00. The Morgan fingerprint density at radius 3 is 2.59 bits per heavy atom. The van der Waals surface area contributed by atoms with Crippen molar-refractivity contribution in [2.24, 2.45) is 0 Å². The molecule has 96 valence electrons. The molecule has 1 amide bonds. The summed E-state index contributed by atoms with van der Waals surface area (Å²) in [4.78, 5) is 13.3. The van der Waals surface area contributed by atoms with Crippen molar-refractivity contribution in [2.45, 2.75) is 19.9 Å². The monoisotopic (exact) mass is 261 g/mol. The van der Waals surface area contributed by atoms with Crippen LogP contribution < -0.4 is 4.18 Å². The van der Waals surface area contributed by atoms with Crippen molar-refractivity contribution in [3.63, 3.8) is 0 Å². The Hall–Kier alpha value is -1.57. The molecule has 7 nitrogen and oxygen atoms in total. The van der Waals surface area contributed by atoms with Gasteiger partial charge < -0.3 is 9.08 Å². The van der Waals surface area contributed by atoms with Gasteiger partial charge in [-0.25, -0.2) is 4.79 Å². The van der Waals surface area contributed by atoms with E-state index in [1.165, 1.54) is 17.2 Å². The molecule has 8 heteroatoms. The maximum atomic E-state index is 11.8. The highest BCUT2D eigenvalue weighted by atomic mass is 32.2. The molecule has 0 atom stereocenters. The van der Waals surface area contributed by atoms with Gasteiger partial charge in [-0.15, -0.1) is 5.10 Å². The Balaban J connectivity index is 2.85. The van der Waals surface area contributed by atoms with E-state index in [0.717, 1.165) is 10.9 Å². The minimum Gasteiger partial charge on any atom is -0.360 e. The quantitative estimate of drug-likeness (QED) is 0.741. The zero-order valence-electron chi connectivity index (χ0n) is 10.1. The summed E-state index contributed by atoms with van der Waals surface area (Å²) in [6.07, 6.45) is 2.26. The van der Waals surface area contributed by atoms with Crippen molar-refractivity contribution < 1.29 is 17.4 Å². The van der Waals surface area contributed by atoms with Gasteiger partial charge >= 0.3 is 16.1 Å². The minimum absolute atomic E-state index is 0.0194. The zero-order chi connectivity index (χ0) is 13.2. The van der Waals surface area contributed by atoms with E-state index in [2.05, 4.69) is 9.28 Å². The third-order valence-corrected chi connectivity index (χ3v) is 2.55. The number of aromatic nitrogens is 2. The lowest BCUT2D eigenvalue weighted by atomic mass is 10.4. The fraction of sp³-hybridized carbons (Fsp3) is 0.556. The second-order valence-corrected chi connectivity index (χ2v) is 5.45. The molecule has 17 heavy (non-hydrogen) atoms. The molecule has 0 unspecified atom stereocenters. The molecule has 1 rings (SSSR count). The van der Waals surface area contributed by atoms with Crippen LogP contribution in [0.4, 0.5) is 4.79 Å². The summed E-state index contributed by atoms with van der Waals surface area (Å²) in [5.41, 5.74) is 0. The first-order valence-electron chi connectivity index (χ1n) is 4.93. The van der Waals surface area contributed by atoms with E-state index in [1.54, 1.807) is 7.05 Å². The van der Waals surface area contributed by atoms with Crippen LogP contribution in [0.15, 0.2) is 12.3 Å². The Morgan fingerprint density at radius 1 is 1.53 bits per heavy atom. The summed E-state index contributed by atoms with van der Waals surface area (Å²) in [5, 5.41) is 3.72. The lowest BCUT2D eigenvalue weighted by Gasteiger charge is -2.20. The smallest absolute Gasteiger partial charge is 0.344 e. The first-order valence-corrected chi connectivity index (χ1v) is 6.74. The van der Waals surface area contributed by atoms with Gasteiger partial charge in [0.25, 0.3) is 5.88 Å². The van der Waals surface area contributed by atoms with E-state index in [1.807, 2.05) is 13.8 Å². The third-order valence-electron chi connectivity index (χ3n) is 2.07. The Kier molecular flexibility index (Phi) is 3.76. The number of amides is 1. The van der Waals surface area contributed by atoms with E-state index < -0.39 is 10.1 Å². The lowest BCUT2D eigenvalue weighted by molar-refractivity contribution is 0.195. The van der Waals surface area contributed by atoms with Gasteiger partial charge in [0.2, 0.25) is 0 Å². The Labute approximate surface area is 100 Å². The summed E-state index contributed by atoms with van der Waals surface area (Å²) in [5.74, 6) is -0.127. The van der Waals surface area contributed by atoms with Gasteiger partial charge in [0.05, 0.1) is 6.26 Å². The molecule has 0 aliphatic rings. The van der Waals surface area contributed by atoms with E-state index in [0.29, 0.717) is 0 Å². The number of rotatable bonds is 3. The predicted octanol–water partition coefficient (Wildman–Crippen LogP) is 0.530. The van der Waals surface area contributed by atoms with Crippen LogP contribution in [0.2, 0.25) is 0 Å². The van der Waals surface area contributed by atoms with Crippen molar-refractivity contribution in [1.29, 1.82) is 0 Å². The van der Waals surface area contributed by atoms with Gasteiger partial charge in [0, 0.05) is 25.4 Å². The van der Waals surface area contributed by atoms with Gasteiger partial charge in [-0.2, -0.15) is 13.1 Å². The van der Waals surface area contributed by atoms with Gasteiger partial charge in [0.15, 0.2) is 0 Å². The van der Waals surface area contributed by atoms with Crippen LogP contribution in [0.25, 0.3) is 0 Å². The molecule has 1 aromatic heterocycles. The van der Waals surface area contributed by atoms with Crippen LogP contribution in [0.1, 0.15) is 13.8 Å². The maximum Gasteiger partial charge on any atom is 0.344 e. The van der Waals surface area contributed by atoms with Crippen molar-refractivity contribution in [3.05, 3.63) is 12.3 Å². The molecular weight excluding hydrogens is 246 g/mol. The first kappa shape index (κ1) is 13.5. The molecule has 0 aliphatic heterocycles. The topological polar surface area (TPSA) is 81.5 Å². The van der Waals surface area contributed by atoms with Crippen LogP contribution in [-0.2, 0) is 10.1 Å². The number of carbonyl (C=O) groups is 1. The van der Waals surface area contributed by atoms with Crippen molar-refractivity contribution >= 4 is 16.1 Å². The molecular formula is C9H15N3O4S. The standard InChI is InChI=1S/C9H15N3O4S/c1-7(2)11(3)9(13)12-6-5-8(10-12)16-17(4,14)15/h5-7H,1-4H3. The molecule has 0 aromatic carbocycles. The molecule has 0 saturated heterocycles. The Morgan fingerprint density at radius 2 is 2.12 bits per heavy atom. The SMILES string of the molecule is CC(C)N(C)C(=O)n1ccc(OS(C)(=O)=O)n1. The van der Waals surface area contributed by atoms with Crippen LogP contribution in [-0.4, -0.2) is 48.5 Å². The van der Waals surface area contributed by atoms with E-state index in [4.69, 9.17) is 0 Å². The molecule has 0 radical (unpaired) electrons. The van der Waals surface area contributed by atoms with Crippen LogP contribution in [0, 0.1) is 0 Å². The lowest BCUT2D eigenvalue weighted by Crippen LogP contribution is -2.36. The van der Waals surface area contributed by atoms with Crippen LogP contribution in [0.3, 0.4) is 0 Å². The molecule has 0 bridgehead atoms. The highest BCUT2D eigenvalue weighted by Crippen LogP contribution is 2.09. The second-order valence-electron chi connectivity index (χ2n) is 3.87. The second kappa shape index (κ2) is 4.74. The normalized spacial score (nSPS) is 11.6. The number of nitrogens with zero attached hydrogens (tertiary/aromatic N) is 3. The molecule has 0 N–H and O–H groups in total. The fourth-order valence-corrected chi connectivity index (χ4v) is 1.39. The van der Waals surface area contributed by atoms with E-state index in [-0.39, 0.29) is 18.0 Å². The van der Waals surface area contributed by atoms with Gasteiger partial charge in [-0.1, -0.05) is 0 Å². The maximum absolute atomic E-state index is 11.8. The largest absolute Gasteiger partial charge is 0.360 e. The summed E-state index contributed by atoms with van der Waals surface area (Å²) in [6, 6.07) is 0.974. The number of hydrogen-bond acceptors (Lipinski definition) is 5. The minimum atomic E-state index is -3.63. The van der Waals surface area contributed by atoms with Crippen molar-refractivity contribution in [2.75, 3.05) is 13.3 Å². The van der Waals surface area contributed by atoms with Crippen molar-refractivity contribution in [3.8, 4) is 5.88 Å². The average molecular weight is 261 g/mol.